The minimum atomic E-state index is -0.0175. The van der Waals surface area contributed by atoms with Crippen LogP contribution in [0.4, 0.5) is 0 Å². The molecule has 4 rings (SSSR count). The van der Waals surface area contributed by atoms with E-state index in [-0.39, 0.29) is 11.9 Å². The van der Waals surface area contributed by atoms with Gasteiger partial charge in [0.25, 0.3) is 0 Å². The van der Waals surface area contributed by atoms with Crippen molar-refractivity contribution in [3.05, 3.63) is 41.0 Å². The third kappa shape index (κ3) is 2.98. The van der Waals surface area contributed by atoms with E-state index in [0.29, 0.717) is 4.96 Å². The molecule has 1 aromatic carbocycles. The number of nitrogens with zero attached hydrogens (tertiary/aromatic N) is 4. The van der Waals surface area contributed by atoms with E-state index >= 15 is 0 Å². The minimum Gasteiger partial charge on any atom is -0.497 e. The largest absolute Gasteiger partial charge is 0.497 e. The maximum Gasteiger partial charge on any atom is 0.230 e. The lowest BCUT2D eigenvalue weighted by molar-refractivity contribution is 0.157. The lowest BCUT2D eigenvalue weighted by Crippen LogP contribution is -2.36. The van der Waals surface area contributed by atoms with E-state index in [1.54, 1.807) is 7.11 Å². The second kappa shape index (κ2) is 6.65. The van der Waals surface area contributed by atoms with Gasteiger partial charge in [0.1, 0.15) is 12.1 Å². The maximum absolute atomic E-state index is 10.7. The summed E-state index contributed by atoms with van der Waals surface area (Å²) in [6, 6.07) is 8.08. The van der Waals surface area contributed by atoms with Crippen molar-refractivity contribution in [3.8, 4) is 11.6 Å². The maximum atomic E-state index is 10.7. The molecule has 0 aliphatic carbocycles. The summed E-state index contributed by atoms with van der Waals surface area (Å²) in [5.74, 6) is 1.76. The Morgan fingerprint density at radius 1 is 1.32 bits per heavy atom. The fraction of sp³-hybridized carbons (Fsp3) is 0.444. The van der Waals surface area contributed by atoms with Gasteiger partial charge < -0.3 is 9.84 Å². The van der Waals surface area contributed by atoms with Crippen molar-refractivity contribution >= 4 is 16.3 Å². The van der Waals surface area contributed by atoms with Crippen LogP contribution in [0.2, 0.25) is 0 Å². The summed E-state index contributed by atoms with van der Waals surface area (Å²) in [5, 5.41) is 14.9. The second-order valence-corrected chi connectivity index (χ2v) is 7.65. The van der Waals surface area contributed by atoms with Gasteiger partial charge in [-0.2, -0.15) is 9.61 Å². The van der Waals surface area contributed by atoms with Gasteiger partial charge >= 0.3 is 0 Å². The smallest absolute Gasteiger partial charge is 0.230 e. The Kier molecular flexibility index (Phi) is 4.35. The van der Waals surface area contributed by atoms with Gasteiger partial charge in [0.15, 0.2) is 0 Å². The molecular weight excluding hydrogens is 336 g/mol. The molecule has 0 amide bonds. The Morgan fingerprint density at radius 3 is 2.84 bits per heavy atom. The number of fused-ring (bicyclic) bond motifs is 1. The van der Waals surface area contributed by atoms with Crippen molar-refractivity contribution in [2.24, 2.45) is 5.92 Å². The van der Waals surface area contributed by atoms with Crippen LogP contribution in [0.5, 0.6) is 11.6 Å². The van der Waals surface area contributed by atoms with Crippen LogP contribution in [0.1, 0.15) is 36.2 Å². The average molecular weight is 358 g/mol. The van der Waals surface area contributed by atoms with Crippen LogP contribution in [-0.4, -0.2) is 44.8 Å². The number of piperidine rings is 1. The molecule has 0 bridgehead atoms. The van der Waals surface area contributed by atoms with Crippen LogP contribution in [0, 0.1) is 5.92 Å². The molecular formula is C18H22N4O2S. The molecule has 1 atom stereocenters. The molecule has 1 aliphatic heterocycles. The fourth-order valence-electron chi connectivity index (χ4n) is 3.50. The first-order valence-corrected chi connectivity index (χ1v) is 9.38. The molecule has 3 heterocycles. The molecule has 0 saturated carbocycles. The number of likely N-dealkylation sites (tertiary alicyclic amines) is 1. The zero-order chi connectivity index (χ0) is 17.4. The summed E-state index contributed by atoms with van der Waals surface area (Å²) in [4.78, 5) is 8.28. The minimum absolute atomic E-state index is 0.0175. The van der Waals surface area contributed by atoms with E-state index in [1.807, 2.05) is 12.1 Å². The van der Waals surface area contributed by atoms with Gasteiger partial charge in [-0.15, -0.1) is 0 Å². The van der Waals surface area contributed by atoms with Crippen molar-refractivity contribution in [3.63, 3.8) is 0 Å². The topological polar surface area (TPSA) is 62.9 Å². The number of hydrogen-bond acceptors (Lipinski definition) is 6. The standard InChI is InChI=1S/C18H22N4O2S/c1-12-6-8-21(9-7-12)15(13-4-3-5-14(10-13)24-2)16-17(23)22-18(25-16)19-11-20-22/h3-5,10-12,15,23H,6-9H2,1-2H3/t15-/m1/s1. The SMILES string of the molecule is COc1cccc([C@H](c2sc3ncnn3c2O)N2CCC(C)CC2)c1. The van der Waals surface area contributed by atoms with Crippen molar-refractivity contribution in [2.45, 2.75) is 25.8 Å². The number of methoxy groups -OCH3 is 1. The molecule has 1 fully saturated rings. The van der Waals surface area contributed by atoms with E-state index in [0.717, 1.165) is 35.2 Å². The molecule has 0 spiro atoms. The highest BCUT2D eigenvalue weighted by Gasteiger charge is 2.31. The summed E-state index contributed by atoms with van der Waals surface area (Å²) >= 11 is 1.50. The Labute approximate surface area is 150 Å². The highest BCUT2D eigenvalue weighted by atomic mass is 32.1. The number of thiazole rings is 1. The van der Waals surface area contributed by atoms with E-state index in [9.17, 15) is 5.11 Å². The van der Waals surface area contributed by atoms with E-state index in [2.05, 4.69) is 34.0 Å². The molecule has 7 heteroatoms. The Morgan fingerprint density at radius 2 is 2.12 bits per heavy atom. The summed E-state index contributed by atoms with van der Waals surface area (Å²) in [5.41, 5.74) is 1.12. The van der Waals surface area contributed by atoms with Crippen LogP contribution in [0.25, 0.3) is 4.96 Å². The molecule has 6 nitrogen and oxygen atoms in total. The molecule has 1 aliphatic rings. The average Bonchev–Trinajstić information content (AvgIpc) is 3.21. The van der Waals surface area contributed by atoms with Gasteiger partial charge in [0.05, 0.1) is 18.0 Å². The van der Waals surface area contributed by atoms with Gasteiger partial charge in [-0.25, -0.2) is 4.98 Å². The lowest BCUT2D eigenvalue weighted by Gasteiger charge is -2.36. The van der Waals surface area contributed by atoms with Crippen LogP contribution in [0.3, 0.4) is 0 Å². The molecule has 0 radical (unpaired) electrons. The summed E-state index contributed by atoms with van der Waals surface area (Å²) in [6.45, 7) is 4.32. The Balaban J connectivity index is 1.80. The first-order chi connectivity index (χ1) is 12.2. The predicted molar refractivity (Wildman–Crippen MR) is 97.3 cm³/mol. The van der Waals surface area contributed by atoms with E-state index in [1.165, 1.54) is 35.0 Å². The predicted octanol–water partition coefficient (Wildman–Crippen LogP) is 3.33. The molecule has 3 aromatic rings. The zero-order valence-electron chi connectivity index (χ0n) is 14.4. The molecule has 0 unspecified atom stereocenters. The molecule has 2 aromatic heterocycles. The van der Waals surface area contributed by atoms with Crippen LogP contribution in [0.15, 0.2) is 30.6 Å². The number of benzene rings is 1. The van der Waals surface area contributed by atoms with Crippen molar-refractivity contribution in [2.75, 3.05) is 20.2 Å². The second-order valence-electron chi connectivity index (χ2n) is 6.64. The number of hydrogen-bond donors (Lipinski definition) is 1. The number of aromatic nitrogens is 3. The van der Waals surface area contributed by atoms with E-state index < -0.39 is 0 Å². The highest BCUT2D eigenvalue weighted by Crippen LogP contribution is 2.41. The highest BCUT2D eigenvalue weighted by molar-refractivity contribution is 7.17. The first kappa shape index (κ1) is 16.4. The molecule has 1 N–H and O–H groups in total. The van der Waals surface area contributed by atoms with Crippen molar-refractivity contribution < 1.29 is 9.84 Å². The fourth-order valence-corrected chi connectivity index (χ4v) is 4.59. The van der Waals surface area contributed by atoms with Crippen LogP contribution in [-0.2, 0) is 0 Å². The van der Waals surface area contributed by atoms with Gasteiger partial charge in [-0.1, -0.05) is 30.4 Å². The van der Waals surface area contributed by atoms with Gasteiger partial charge in [0.2, 0.25) is 10.8 Å². The molecule has 132 valence electrons. The zero-order valence-corrected chi connectivity index (χ0v) is 15.2. The first-order valence-electron chi connectivity index (χ1n) is 8.56. The summed E-state index contributed by atoms with van der Waals surface area (Å²) in [6.07, 6.45) is 3.81. The monoisotopic (exact) mass is 358 g/mol. The van der Waals surface area contributed by atoms with Gasteiger partial charge in [0, 0.05) is 0 Å². The number of rotatable bonds is 4. The molecule has 1 saturated heterocycles. The molecule has 25 heavy (non-hydrogen) atoms. The lowest BCUT2D eigenvalue weighted by atomic mass is 9.95. The van der Waals surface area contributed by atoms with Crippen molar-refractivity contribution in [1.82, 2.24) is 19.5 Å². The van der Waals surface area contributed by atoms with Gasteiger partial charge in [-0.05, 0) is 49.5 Å². The van der Waals surface area contributed by atoms with Crippen molar-refractivity contribution in [1.29, 1.82) is 0 Å². The van der Waals surface area contributed by atoms with Crippen LogP contribution >= 0.6 is 11.3 Å². The Bertz CT molecular complexity index is 867. The summed E-state index contributed by atoms with van der Waals surface area (Å²) in [7, 11) is 1.68. The Hall–Kier alpha value is -2.12. The van der Waals surface area contributed by atoms with E-state index in [4.69, 9.17) is 4.74 Å². The third-order valence-electron chi connectivity index (χ3n) is 4.98. The number of ether oxygens (including phenoxy) is 1. The normalized spacial score (nSPS) is 17.8. The van der Waals surface area contributed by atoms with Gasteiger partial charge in [-0.3, -0.25) is 4.90 Å². The third-order valence-corrected chi connectivity index (χ3v) is 6.07. The summed E-state index contributed by atoms with van der Waals surface area (Å²) < 4.78 is 6.93. The number of aromatic hydroxyl groups is 1. The quantitative estimate of drug-likeness (QED) is 0.775. The van der Waals surface area contributed by atoms with Crippen LogP contribution < -0.4 is 4.74 Å².